The van der Waals surface area contributed by atoms with Gasteiger partial charge in [0.15, 0.2) is 0 Å². The van der Waals surface area contributed by atoms with Crippen LogP contribution in [0.5, 0.6) is 11.5 Å². The first-order valence-electron chi connectivity index (χ1n) is 6.36. The maximum absolute atomic E-state index is 10.2. The van der Waals surface area contributed by atoms with Gasteiger partial charge in [-0.1, -0.05) is 0 Å². The molecule has 0 aromatic heterocycles. The van der Waals surface area contributed by atoms with Gasteiger partial charge < -0.3 is 30.1 Å². The van der Waals surface area contributed by atoms with Crippen molar-refractivity contribution in [3.8, 4) is 11.5 Å². The summed E-state index contributed by atoms with van der Waals surface area (Å²) in [5.41, 5.74) is -0.259. The lowest BCUT2D eigenvalue weighted by atomic mass is 10.0. The summed E-state index contributed by atoms with van der Waals surface area (Å²) in [4.78, 5) is 0. The zero-order valence-corrected chi connectivity index (χ0v) is 12.1. The Balaban J connectivity index is 2.83. The predicted octanol–water partition coefficient (Wildman–Crippen LogP) is 0.0701. The number of hydrogen-bond acceptors (Lipinski definition) is 6. The summed E-state index contributed by atoms with van der Waals surface area (Å²) < 4.78 is 10.3. The van der Waals surface area contributed by atoms with Crippen LogP contribution in [0.2, 0.25) is 0 Å². The van der Waals surface area contributed by atoms with Crippen LogP contribution in [0.4, 0.5) is 0 Å². The number of β-amino-alcohol motifs (C(OH)–C–C–N with tert-alkyl or cyclic N) is 1. The Bertz CT molecular complexity index is 420. The van der Waals surface area contributed by atoms with Gasteiger partial charge >= 0.3 is 0 Å². The molecule has 1 aromatic carbocycles. The van der Waals surface area contributed by atoms with E-state index in [9.17, 15) is 15.3 Å². The summed E-state index contributed by atoms with van der Waals surface area (Å²) in [6, 6.07) is 5.16. The van der Waals surface area contributed by atoms with Crippen LogP contribution in [0.1, 0.15) is 18.6 Å². The van der Waals surface area contributed by atoms with E-state index < -0.39 is 11.6 Å². The number of aliphatic hydroxyl groups is 3. The average Bonchev–Trinajstić information content (AvgIpc) is 2.51. The van der Waals surface area contributed by atoms with Crippen molar-refractivity contribution in [1.29, 1.82) is 0 Å². The highest BCUT2D eigenvalue weighted by Crippen LogP contribution is 2.29. The van der Waals surface area contributed by atoms with E-state index in [1.54, 1.807) is 32.2 Å². The number of aliphatic hydroxyl groups excluding tert-OH is 3. The SMILES string of the molecule is COc1ccc(OC)c(C(O)CNC(C)(CO)CO)c1. The number of hydrogen-bond donors (Lipinski definition) is 4. The van der Waals surface area contributed by atoms with E-state index in [0.717, 1.165) is 0 Å². The molecule has 0 fully saturated rings. The molecule has 1 unspecified atom stereocenters. The van der Waals surface area contributed by atoms with Crippen molar-refractivity contribution in [1.82, 2.24) is 5.32 Å². The van der Waals surface area contributed by atoms with Gasteiger partial charge in [0.1, 0.15) is 11.5 Å². The van der Waals surface area contributed by atoms with Gasteiger partial charge in [0.2, 0.25) is 0 Å². The Hall–Kier alpha value is -1.34. The molecule has 20 heavy (non-hydrogen) atoms. The Kier molecular flexibility index (Phi) is 6.22. The molecule has 0 saturated carbocycles. The standard InChI is InChI=1S/C14H23NO5/c1-14(8-16,9-17)15-7-12(18)11-6-10(19-2)4-5-13(11)20-3/h4-6,12,15-18H,7-9H2,1-3H3. The third-order valence-electron chi connectivity index (χ3n) is 3.22. The molecular formula is C14H23NO5. The third-order valence-corrected chi connectivity index (χ3v) is 3.22. The van der Waals surface area contributed by atoms with Crippen LogP contribution in [0.3, 0.4) is 0 Å². The molecule has 0 heterocycles. The summed E-state index contributed by atoms with van der Waals surface area (Å²) in [5, 5.41) is 31.6. The lowest BCUT2D eigenvalue weighted by molar-refractivity contribution is 0.0839. The molecule has 1 atom stereocenters. The van der Waals surface area contributed by atoms with Crippen molar-refractivity contribution in [2.45, 2.75) is 18.6 Å². The van der Waals surface area contributed by atoms with Crippen molar-refractivity contribution in [3.05, 3.63) is 23.8 Å². The number of benzene rings is 1. The van der Waals surface area contributed by atoms with Gasteiger partial charge in [0, 0.05) is 12.1 Å². The summed E-state index contributed by atoms with van der Waals surface area (Å²) in [5.74, 6) is 1.17. The number of nitrogens with one attached hydrogen (secondary N) is 1. The smallest absolute Gasteiger partial charge is 0.124 e. The van der Waals surface area contributed by atoms with E-state index >= 15 is 0 Å². The molecular weight excluding hydrogens is 262 g/mol. The van der Waals surface area contributed by atoms with E-state index in [4.69, 9.17) is 9.47 Å². The van der Waals surface area contributed by atoms with Crippen LogP contribution < -0.4 is 14.8 Å². The lowest BCUT2D eigenvalue weighted by Crippen LogP contribution is -2.50. The molecule has 6 nitrogen and oxygen atoms in total. The molecule has 0 amide bonds. The number of methoxy groups -OCH3 is 2. The fourth-order valence-corrected chi connectivity index (χ4v) is 1.71. The Morgan fingerprint density at radius 3 is 2.35 bits per heavy atom. The largest absolute Gasteiger partial charge is 0.497 e. The summed E-state index contributed by atoms with van der Waals surface area (Å²) in [6.45, 7) is 1.38. The van der Waals surface area contributed by atoms with Crippen LogP contribution in [-0.2, 0) is 0 Å². The Morgan fingerprint density at radius 2 is 1.85 bits per heavy atom. The molecule has 114 valence electrons. The topological polar surface area (TPSA) is 91.2 Å². The van der Waals surface area contributed by atoms with Crippen LogP contribution in [0.15, 0.2) is 18.2 Å². The molecule has 0 bridgehead atoms. The third kappa shape index (κ3) is 4.08. The summed E-state index contributed by atoms with van der Waals surface area (Å²) >= 11 is 0. The number of ether oxygens (including phenoxy) is 2. The van der Waals surface area contributed by atoms with Gasteiger partial charge in [-0.15, -0.1) is 0 Å². The maximum atomic E-state index is 10.2. The Labute approximate surface area is 119 Å². The molecule has 4 N–H and O–H groups in total. The highest BCUT2D eigenvalue weighted by Gasteiger charge is 2.24. The van der Waals surface area contributed by atoms with Crippen molar-refractivity contribution in [2.24, 2.45) is 0 Å². The highest BCUT2D eigenvalue weighted by atomic mass is 16.5. The Morgan fingerprint density at radius 1 is 1.20 bits per heavy atom. The summed E-state index contributed by atoms with van der Waals surface area (Å²) in [7, 11) is 3.07. The first-order valence-corrected chi connectivity index (χ1v) is 6.36. The van der Waals surface area contributed by atoms with Crippen molar-refractivity contribution >= 4 is 0 Å². The first kappa shape index (κ1) is 16.7. The fraction of sp³-hybridized carbons (Fsp3) is 0.571. The quantitative estimate of drug-likeness (QED) is 0.540. The second kappa shape index (κ2) is 7.44. The second-order valence-corrected chi connectivity index (χ2v) is 4.88. The zero-order valence-electron chi connectivity index (χ0n) is 12.1. The highest BCUT2D eigenvalue weighted by molar-refractivity contribution is 5.41. The van der Waals surface area contributed by atoms with E-state index in [1.165, 1.54) is 7.11 Å². The monoisotopic (exact) mass is 285 g/mol. The van der Waals surface area contributed by atoms with Gasteiger partial charge in [-0.2, -0.15) is 0 Å². The van der Waals surface area contributed by atoms with Crippen LogP contribution in [0, 0.1) is 0 Å². The minimum absolute atomic E-state index is 0.168. The zero-order chi connectivity index (χ0) is 15.2. The van der Waals surface area contributed by atoms with Crippen LogP contribution in [0.25, 0.3) is 0 Å². The lowest BCUT2D eigenvalue weighted by Gasteiger charge is -2.28. The predicted molar refractivity (Wildman–Crippen MR) is 75.1 cm³/mol. The summed E-state index contributed by atoms with van der Waals surface area (Å²) in [6.07, 6.45) is -0.850. The molecule has 0 aliphatic heterocycles. The first-order chi connectivity index (χ1) is 9.49. The van der Waals surface area contributed by atoms with Crippen LogP contribution in [-0.4, -0.2) is 54.8 Å². The average molecular weight is 285 g/mol. The molecule has 0 spiro atoms. The molecule has 1 aromatic rings. The van der Waals surface area contributed by atoms with Crippen molar-refractivity contribution < 1.29 is 24.8 Å². The minimum Gasteiger partial charge on any atom is -0.497 e. The van der Waals surface area contributed by atoms with E-state index in [0.29, 0.717) is 17.1 Å². The molecule has 0 aliphatic carbocycles. The normalized spacial score (nSPS) is 13.1. The fourth-order valence-electron chi connectivity index (χ4n) is 1.71. The van der Waals surface area contributed by atoms with Gasteiger partial charge in [-0.25, -0.2) is 0 Å². The van der Waals surface area contributed by atoms with Gasteiger partial charge in [-0.3, -0.25) is 0 Å². The molecule has 0 saturated heterocycles. The van der Waals surface area contributed by atoms with E-state index in [1.807, 2.05) is 0 Å². The second-order valence-electron chi connectivity index (χ2n) is 4.88. The van der Waals surface area contributed by atoms with Crippen molar-refractivity contribution in [2.75, 3.05) is 34.0 Å². The molecule has 1 rings (SSSR count). The molecule has 6 heteroatoms. The van der Waals surface area contributed by atoms with Gasteiger partial charge in [-0.05, 0) is 25.1 Å². The maximum Gasteiger partial charge on any atom is 0.124 e. The van der Waals surface area contributed by atoms with Crippen molar-refractivity contribution in [3.63, 3.8) is 0 Å². The van der Waals surface area contributed by atoms with E-state index in [2.05, 4.69) is 5.32 Å². The minimum atomic E-state index is -0.850. The molecule has 0 aliphatic rings. The van der Waals surface area contributed by atoms with Gasteiger partial charge in [0.25, 0.3) is 0 Å². The number of rotatable bonds is 8. The van der Waals surface area contributed by atoms with Crippen LogP contribution >= 0.6 is 0 Å². The van der Waals surface area contributed by atoms with E-state index in [-0.39, 0.29) is 19.8 Å². The van der Waals surface area contributed by atoms with Gasteiger partial charge in [0.05, 0.1) is 39.1 Å². The molecule has 0 radical (unpaired) electrons.